The topological polar surface area (TPSA) is 90.1 Å². The zero-order chi connectivity index (χ0) is 20.8. The van der Waals surface area contributed by atoms with E-state index in [1.807, 2.05) is 25.1 Å². The summed E-state index contributed by atoms with van der Waals surface area (Å²) in [6.45, 7) is 2.68. The number of ether oxygens (including phenoxy) is 1. The fraction of sp³-hybridized carbons (Fsp3) is 0.286. The molecule has 1 heterocycles. The van der Waals surface area contributed by atoms with Gasteiger partial charge in [-0.15, -0.1) is 11.6 Å². The van der Waals surface area contributed by atoms with Crippen LogP contribution < -0.4 is 11.1 Å². The Kier molecular flexibility index (Phi) is 6.95. The number of primary amides is 1. The maximum absolute atomic E-state index is 13.2. The van der Waals surface area contributed by atoms with Crippen LogP contribution in [0.1, 0.15) is 29.5 Å². The van der Waals surface area contributed by atoms with Crippen LogP contribution >= 0.6 is 11.6 Å². The molecule has 0 radical (unpaired) electrons. The summed E-state index contributed by atoms with van der Waals surface area (Å²) in [5.41, 5.74) is 6.72. The van der Waals surface area contributed by atoms with Gasteiger partial charge in [-0.3, -0.25) is 4.79 Å². The zero-order valence-corrected chi connectivity index (χ0v) is 16.7. The number of amides is 1. The molecule has 2 aromatic carbocycles. The number of benzene rings is 2. The number of anilines is 1. The quantitative estimate of drug-likeness (QED) is 0.516. The SMILES string of the molecule is CC(OCc1cccc(F)c1)C(Cl)CCNc1nc(C(N)=O)nc2ccccc12. The third-order valence-electron chi connectivity index (χ3n) is 4.45. The van der Waals surface area contributed by atoms with Crippen LogP contribution in [0.5, 0.6) is 0 Å². The maximum atomic E-state index is 13.2. The highest BCUT2D eigenvalue weighted by Crippen LogP contribution is 2.21. The van der Waals surface area contributed by atoms with Crippen molar-refractivity contribution in [2.24, 2.45) is 5.73 Å². The summed E-state index contributed by atoms with van der Waals surface area (Å²) in [4.78, 5) is 19.9. The van der Waals surface area contributed by atoms with Gasteiger partial charge in [-0.1, -0.05) is 24.3 Å². The van der Waals surface area contributed by atoms with Crippen molar-refractivity contribution in [3.8, 4) is 0 Å². The normalized spacial score (nSPS) is 13.2. The molecule has 8 heteroatoms. The van der Waals surface area contributed by atoms with Crippen molar-refractivity contribution in [1.29, 1.82) is 0 Å². The Bertz CT molecular complexity index is 1000. The van der Waals surface area contributed by atoms with Crippen LogP contribution in [0.2, 0.25) is 0 Å². The van der Waals surface area contributed by atoms with Gasteiger partial charge in [0.05, 0.1) is 23.6 Å². The molecule has 0 saturated heterocycles. The molecule has 1 amide bonds. The number of halogens is 2. The molecule has 3 rings (SSSR count). The highest BCUT2D eigenvalue weighted by Gasteiger charge is 2.16. The lowest BCUT2D eigenvalue weighted by Gasteiger charge is -2.19. The number of hydrogen-bond acceptors (Lipinski definition) is 5. The van der Waals surface area contributed by atoms with Crippen molar-refractivity contribution in [3.63, 3.8) is 0 Å². The van der Waals surface area contributed by atoms with Crippen molar-refractivity contribution in [2.75, 3.05) is 11.9 Å². The van der Waals surface area contributed by atoms with E-state index >= 15 is 0 Å². The predicted molar refractivity (Wildman–Crippen MR) is 111 cm³/mol. The second kappa shape index (κ2) is 9.62. The molecule has 2 unspecified atom stereocenters. The molecule has 6 nitrogen and oxygen atoms in total. The summed E-state index contributed by atoms with van der Waals surface area (Å²) in [5.74, 6) is -0.492. The first-order chi connectivity index (χ1) is 13.9. The number of fused-ring (bicyclic) bond motifs is 1. The van der Waals surface area contributed by atoms with Crippen molar-refractivity contribution >= 4 is 34.2 Å². The number of alkyl halides is 1. The van der Waals surface area contributed by atoms with E-state index in [1.165, 1.54) is 12.1 Å². The standard InChI is InChI=1S/C21H22ClFN4O2/c1-13(29-12-14-5-4-6-15(23)11-14)17(22)9-10-25-20-16-7-2-3-8-18(16)26-21(27-20)19(24)28/h2-8,11,13,17H,9-10,12H2,1H3,(H2,24,28)(H,25,26,27). The summed E-state index contributed by atoms with van der Waals surface area (Å²) >= 11 is 6.45. The first kappa shape index (κ1) is 21.0. The van der Waals surface area contributed by atoms with Gasteiger partial charge in [-0.25, -0.2) is 14.4 Å². The molecule has 3 N–H and O–H groups in total. The minimum atomic E-state index is -0.687. The fourth-order valence-corrected chi connectivity index (χ4v) is 3.03. The number of nitrogens with zero attached hydrogens (tertiary/aromatic N) is 2. The molecular formula is C21H22ClFN4O2. The molecule has 0 spiro atoms. The Hall–Kier alpha value is -2.77. The molecule has 3 aromatic rings. The average molecular weight is 417 g/mol. The summed E-state index contributed by atoms with van der Waals surface area (Å²) in [6.07, 6.45) is 0.362. The second-order valence-electron chi connectivity index (χ2n) is 6.65. The van der Waals surface area contributed by atoms with Crippen LogP contribution in [0.25, 0.3) is 10.9 Å². The highest BCUT2D eigenvalue weighted by atomic mass is 35.5. The fourth-order valence-electron chi connectivity index (χ4n) is 2.84. The summed E-state index contributed by atoms with van der Waals surface area (Å²) in [6, 6.07) is 13.6. The van der Waals surface area contributed by atoms with Gasteiger partial charge in [0.25, 0.3) is 5.91 Å². The molecule has 1 aromatic heterocycles. The van der Waals surface area contributed by atoms with Crippen molar-refractivity contribution in [2.45, 2.75) is 31.4 Å². The van der Waals surface area contributed by atoms with E-state index in [1.54, 1.807) is 18.2 Å². The van der Waals surface area contributed by atoms with Crippen LogP contribution in [0.3, 0.4) is 0 Å². The van der Waals surface area contributed by atoms with Gasteiger partial charge >= 0.3 is 0 Å². The smallest absolute Gasteiger partial charge is 0.286 e. The molecule has 0 aliphatic carbocycles. The van der Waals surface area contributed by atoms with Crippen molar-refractivity contribution < 1.29 is 13.9 Å². The lowest BCUT2D eigenvalue weighted by Crippen LogP contribution is -2.24. The lowest BCUT2D eigenvalue weighted by atomic mass is 10.2. The lowest BCUT2D eigenvalue weighted by molar-refractivity contribution is 0.0493. The van der Waals surface area contributed by atoms with Crippen molar-refractivity contribution in [1.82, 2.24) is 9.97 Å². The molecule has 2 atom stereocenters. The average Bonchev–Trinajstić information content (AvgIpc) is 2.71. The van der Waals surface area contributed by atoms with E-state index < -0.39 is 5.91 Å². The molecule has 0 aliphatic heterocycles. The van der Waals surface area contributed by atoms with E-state index in [2.05, 4.69) is 15.3 Å². The molecule has 0 fully saturated rings. The molecular weight excluding hydrogens is 395 g/mol. The predicted octanol–water partition coefficient (Wildman–Crippen LogP) is 3.88. The number of nitrogens with two attached hydrogens (primary N) is 1. The number of carbonyl (C=O) groups is 1. The third kappa shape index (κ3) is 5.62. The van der Waals surface area contributed by atoms with Gasteiger partial charge < -0.3 is 15.8 Å². The minimum Gasteiger partial charge on any atom is -0.372 e. The zero-order valence-electron chi connectivity index (χ0n) is 15.9. The minimum absolute atomic E-state index is 0.0413. The second-order valence-corrected chi connectivity index (χ2v) is 7.22. The van der Waals surface area contributed by atoms with Gasteiger partial charge in [0.2, 0.25) is 5.82 Å². The van der Waals surface area contributed by atoms with Gasteiger partial charge in [-0.2, -0.15) is 0 Å². The highest BCUT2D eigenvalue weighted by molar-refractivity contribution is 6.21. The molecule has 152 valence electrons. The monoisotopic (exact) mass is 416 g/mol. The molecule has 0 aliphatic rings. The first-order valence-electron chi connectivity index (χ1n) is 9.24. The third-order valence-corrected chi connectivity index (χ3v) is 5.02. The van der Waals surface area contributed by atoms with Crippen LogP contribution in [0.15, 0.2) is 48.5 Å². The molecule has 29 heavy (non-hydrogen) atoms. The largest absolute Gasteiger partial charge is 0.372 e. The Morgan fingerprint density at radius 3 is 2.79 bits per heavy atom. The molecule has 0 saturated carbocycles. The molecule has 0 bridgehead atoms. The van der Waals surface area contributed by atoms with E-state index in [9.17, 15) is 9.18 Å². The van der Waals surface area contributed by atoms with Crippen molar-refractivity contribution in [3.05, 3.63) is 65.7 Å². The maximum Gasteiger partial charge on any atom is 0.286 e. The Morgan fingerprint density at radius 1 is 1.24 bits per heavy atom. The number of carbonyl (C=O) groups excluding carboxylic acids is 1. The van der Waals surface area contributed by atoms with Gasteiger partial charge in [0.15, 0.2) is 0 Å². The Morgan fingerprint density at radius 2 is 2.03 bits per heavy atom. The van der Waals surface area contributed by atoms with Crippen LogP contribution in [-0.4, -0.2) is 33.9 Å². The van der Waals surface area contributed by atoms with Crippen LogP contribution in [-0.2, 0) is 11.3 Å². The summed E-state index contributed by atoms with van der Waals surface area (Å²) < 4.78 is 19.0. The van der Waals surface area contributed by atoms with Crippen LogP contribution in [0, 0.1) is 5.82 Å². The number of nitrogens with one attached hydrogen (secondary N) is 1. The summed E-state index contributed by atoms with van der Waals surface area (Å²) in [5, 5.41) is 3.73. The Labute approximate surface area is 173 Å². The first-order valence-corrected chi connectivity index (χ1v) is 9.68. The van der Waals surface area contributed by atoms with E-state index in [0.717, 1.165) is 10.9 Å². The number of hydrogen-bond donors (Lipinski definition) is 2. The summed E-state index contributed by atoms with van der Waals surface area (Å²) in [7, 11) is 0. The van der Waals surface area contributed by atoms with Gasteiger partial charge in [0.1, 0.15) is 11.6 Å². The number of aromatic nitrogens is 2. The van der Waals surface area contributed by atoms with E-state index in [0.29, 0.717) is 24.3 Å². The van der Waals surface area contributed by atoms with Gasteiger partial charge in [-0.05, 0) is 43.2 Å². The number of rotatable bonds is 9. The van der Waals surface area contributed by atoms with Crippen LogP contribution in [0.4, 0.5) is 10.2 Å². The number of para-hydroxylation sites is 1. The van der Waals surface area contributed by atoms with E-state index in [-0.39, 0.29) is 29.7 Å². The van der Waals surface area contributed by atoms with E-state index in [4.69, 9.17) is 22.1 Å². The Balaban J connectivity index is 1.57. The van der Waals surface area contributed by atoms with Gasteiger partial charge in [0, 0.05) is 11.9 Å².